The first-order chi connectivity index (χ1) is 12.9. The van der Waals surface area contributed by atoms with Crippen LogP contribution in [0.2, 0.25) is 0 Å². The summed E-state index contributed by atoms with van der Waals surface area (Å²) < 4.78 is 113. The molecule has 0 aromatic heterocycles. The van der Waals surface area contributed by atoms with Gasteiger partial charge in [0.05, 0.1) is 0 Å². The maximum atomic E-state index is 14.5. The summed E-state index contributed by atoms with van der Waals surface area (Å²) in [5.74, 6) is -15.7. The molecule has 148 valence electrons. The zero-order valence-electron chi connectivity index (χ0n) is 14.5. The topological polar surface area (TPSA) is 0 Å². The molecule has 0 saturated carbocycles. The lowest BCUT2D eigenvalue weighted by molar-refractivity contribution is -0.148. The zero-order chi connectivity index (χ0) is 21.0. The standard InChI is InChI=1S/C20H12F8/c1-9-3-5-11(16(22)15(9)21)12-6-7-13(18(24)17(12)23)14-8-4-10(2)19(25,26)20(14,27)28/h3-8H,1-2H3. The fourth-order valence-electron chi connectivity index (χ4n) is 2.91. The zero-order valence-corrected chi connectivity index (χ0v) is 14.5. The lowest BCUT2D eigenvalue weighted by Crippen LogP contribution is -2.44. The molecule has 28 heavy (non-hydrogen) atoms. The van der Waals surface area contributed by atoms with Gasteiger partial charge in [-0.25, -0.2) is 17.6 Å². The van der Waals surface area contributed by atoms with Gasteiger partial charge in [-0.15, -0.1) is 0 Å². The van der Waals surface area contributed by atoms with E-state index in [9.17, 15) is 35.1 Å². The van der Waals surface area contributed by atoms with Crippen LogP contribution in [0.3, 0.4) is 0 Å². The van der Waals surface area contributed by atoms with Crippen LogP contribution < -0.4 is 0 Å². The van der Waals surface area contributed by atoms with Crippen LogP contribution in [0.1, 0.15) is 18.1 Å². The Morgan fingerprint density at radius 3 is 1.64 bits per heavy atom. The first-order valence-corrected chi connectivity index (χ1v) is 7.99. The van der Waals surface area contributed by atoms with Gasteiger partial charge in [0.1, 0.15) is 0 Å². The second-order valence-electron chi connectivity index (χ2n) is 6.43. The highest BCUT2D eigenvalue weighted by molar-refractivity contribution is 5.78. The molecular weight excluding hydrogens is 392 g/mol. The quantitative estimate of drug-likeness (QED) is 0.481. The summed E-state index contributed by atoms with van der Waals surface area (Å²) in [6, 6.07) is 3.50. The lowest BCUT2D eigenvalue weighted by atomic mass is 9.86. The van der Waals surface area contributed by atoms with Gasteiger partial charge < -0.3 is 0 Å². The van der Waals surface area contributed by atoms with E-state index in [1.165, 1.54) is 6.92 Å². The minimum atomic E-state index is -4.79. The number of benzene rings is 2. The van der Waals surface area contributed by atoms with Crippen LogP contribution in [-0.2, 0) is 0 Å². The molecule has 0 amide bonds. The van der Waals surface area contributed by atoms with Crippen LogP contribution in [-0.4, -0.2) is 11.8 Å². The third kappa shape index (κ3) is 2.73. The second-order valence-corrected chi connectivity index (χ2v) is 6.43. The predicted octanol–water partition coefficient (Wildman–Crippen LogP) is 6.83. The first-order valence-electron chi connectivity index (χ1n) is 7.99. The van der Waals surface area contributed by atoms with Gasteiger partial charge in [-0.05, 0) is 19.4 Å². The monoisotopic (exact) mass is 404 g/mol. The van der Waals surface area contributed by atoms with Gasteiger partial charge in [0.2, 0.25) is 0 Å². The van der Waals surface area contributed by atoms with E-state index >= 15 is 0 Å². The Morgan fingerprint density at radius 2 is 1.04 bits per heavy atom. The number of hydrogen-bond acceptors (Lipinski definition) is 0. The molecule has 3 rings (SSSR count). The third-order valence-electron chi connectivity index (χ3n) is 4.67. The number of hydrogen-bond donors (Lipinski definition) is 0. The normalized spacial score (nSPS) is 17.9. The average Bonchev–Trinajstić information content (AvgIpc) is 2.62. The molecule has 0 N–H and O–H groups in total. The van der Waals surface area contributed by atoms with E-state index in [2.05, 4.69) is 0 Å². The van der Waals surface area contributed by atoms with E-state index in [1.807, 2.05) is 0 Å². The van der Waals surface area contributed by atoms with Crippen molar-refractivity contribution in [3.8, 4) is 11.1 Å². The van der Waals surface area contributed by atoms with Crippen LogP contribution in [0.15, 0.2) is 42.0 Å². The Morgan fingerprint density at radius 1 is 0.571 bits per heavy atom. The Hall–Kier alpha value is -2.64. The maximum Gasteiger partial charge on any atom is 0.340 e. The van der Waals surface area contributed by atoms with Crippen molar-refractivity contribution in [1.29, 1.82) is 0 Å². The van der Waals surface area contributed by atoms with Gasteiger partial charge in [-0.2, -0.15) is 17.6 Å². The minimum Gasteiger partial charge on any atom is -0.203 e. The minimum absolute atomic E-state index is 0.0739. The smallest absolute Gasteiger partial charge is 0.203 e. The molecule has 0 radical (unpaired) electrons. The lowest BCUT2D eigenvalue weighted by Gasteiger charge is -2.32. The molecule has 1 aliphatic rings. The molecule has 0 heterocycles. The van der Waals surface area contributed by atoms with Gasteiger partial charge >= 0.3 is 11.8 Å². The average molecular weight is 404 g/mol. The summed E-state index contributed by atoms with van der Waals surface area (Å²) in [5.41, 5.74) is -4.87. The third-order valence-corrected chi connectivity index (χ3v) is 4.67. The van der Waals surface area contributed by atoms with Crippen LogP contribution in [0.5, 0.6) is 0 Å². The Kier molecular flexibility index (Phi) is 4.64. The highest BCUT2D eigenvalue weighted by Crippen LogP contribution is 2.51. The second kappa shape index (κ2) is 6.46. The van der Waals surface area contributed by atoms with Crippen molar-refractivity contribution in [2.75, 3.05) is 0 Å². The largest absolute Gasteiger partial charge is 0.340 e. The van der Waals surface area contributed by atoms with E-state index in [0.717, 1.165) is 25.1 Å². The summed E-state index contributed by atoms with van der Waals surface area (Å²) in [6.07, 6.45) is 1.27. The molecule has 2 aromatic rings. The predicted molar refractivity (Wildman–Crippen MR) is 88.1 cm³/mol. The number of halogens is 8. The number of rotatable bonds is 2. The van der Waals surface area contributed by atoms with E-state index in [4.69, 9.17) is 0 Å². The first kappa shape index (κ1) is 20.1. The maximum absolute atomic E-state index is 14.5. The molecule has 0 bridgehead atoms. The highest BCUT2D eigenvalue weighted by Gasteiger charge is 2.61. The molecule has 0 atom stereocenters. The van der Waals surface area contributed by atoms with Gasteiger partial charge in [0.15, 0.2) is 23.3 Å². The van der Waals surface area contributed by atoms with Crippen LogP contribution >= 0.6 is 0 Å². The summed E-state index contributed by atoms with van der Waals surface area (Å²) in [7, 11) is 0. The van der Waals surface area contributed by atoms with E-state index < -0.39 is 63.0 Å². The van der Waals surface area contributed by atoms with Crippen LogP contribution in [0, 0.1) is 30.2 Å². The Balaban J connectivity index is 2.19. The number of aryl methyl sites for hydroxylation is 1. The Bertz CT molecular complexity index is 1030. The van der Waals surface area contributed by atoms with Gasteiger partial charge in [0, 0.05) is 27.8 Å². The number of alkyl halides is 4. The van der Waals surface area contributed by atoms with Crippen molar-refractivity contribution in [3.05, 3.63) is 76.4 Å². The summed E-state index contributed by atoms with van der Waals surface area (Å²) in [4.78, 5) is 0. The van der Waals surface area contributed by atoms with E-state index in [-0.39, 0.29) is 5.56 Å². The number of allylic oxidation sites excluding steroid dienone is 4. The van der Waals surface area contributed by atoms with E-state index in [0.29, 0.717) is 18.2 Å². The Labute approximate surface area is 154 Å². The van der Waals surface area contributed by atoms with Crippen molar-refractivity contribution < 1.29 is 35.1 Å². The molecule has 1 aliphatic carbocycles. The van der Waals surface area contributed by atoms with Gasteiger partial charge in [0.25, 0.3) is 0 Å². The molecule has 2 aromatic carbocycles. The molecular formula is C20H12F8. The summed E-state index contributed by atoms with van der Waals surface area (Å²) >= 11 is 0. The van der Waals surface area contributed by atoms with E-state index in [1.54, 1.807) is 0 Å². The molecule has 0 unspecified atom stereocenters. The molecule has 8 heteroatoms. The van der Waals surface area contributed by atoms with Crippen LogP contribution in [0.4, 0.5) is 35.1 Å². The fraction of sp³-hybridized carbons (Fsp3) is 0.200. The van der Waals surface area contributed by atoms with Crippen molar-refractivity contribution in [2.24, 2.45) is 0 Å². The molecule has 0 nitrogen and oxygen atoms in total. The van der Waals surface area contributed by atoms with Crippen LogP contribution in [0.25, 0.3) is 16.7 Å². The molecule has 0 saturated heterocycles. The van der Waals surface area contributed by atoms with Crippen molar-refractivity contribution in [1.82, 2.24) is 0 Å². The SMILES string of the molecule is CC1=CC=C(c2ccc(-c3ccc(C)c(F)c3F)c(F)c2F)C(F)(F)C1(F)F. The fourth-order valence-corrected chi connectivity index (χ4v) is 2.91. The van der Waals surface area contributed by atoms with Gasteiger partial charge in [-0.3, -0.25) is 0 Å². The van der Waals surface area contributed by atoms with Crippen molar-refractivity contribution in [2.45, 2.75) is 25.7 Å². The van der Waals surface area contributed by atoms with Crippen molar-refractivity contribution >= 4 is 5.57 Å². The summed E-state index contributed by atoms with van der Waals surface area (Å²) in [5, 5.41) is 0. The highest BCUT2D eigenvalue weighted by atomic mass is 19.3. The summed E-state index contributed by atoms with van der Waals surface area (Å²) in [6.45, 7) is 2.05. The van der Waals surface area contributed by atoms with Crippen molar-refractivity contribution in [3.63, 3.8) is 0 Å². The van der Waals surface area contributed by atoms with Gasteiger partial charge in [-0.1, -0.05) is 36.4 Å². The molecule has 0 aliphatic heterocycles. The molecule has 0 fully saturated rings. The molecule has 0 spiro atoms.